The van der Waals surface area contributed by atoms with Crippen LogP contribution in [0.5, 0.6) is 11.5 Å². The molecule has 0 amide bonds. The smallest absolute Gasteiger partial charge is 0.131 e. The zero-order valence-corrected chi connectivity index (χ0v) is 9.57. The first-order valence-electron chi connectivity index (χ1n) is 4.73. The second-order valence-corrected chi connectivity index (χ2v) is 3.19. The third kappa shape index (κ3) is 2.09. The van der Waals surface area contributed by atoms with E-state index >= 15 is 0 Å². The minimum absolute atomic E-state index is 0.372. The molecule has 1 rings (SSSR count). The molecule has 0 bridgehead atoms. The topological polar surface area (TPSA) is 68.3 Å². The normalized spacial score (nSPS) is 11.4. The van der Waals surface area contributed by atoms with Gasteiger partial charge in [-0.1, -0.05) is 6.07 Å². The zero-order chi connectivity index (χ0) is 12.1. The van der Waals surface area contributed by atoms with Crippen LogP contribution in [-0.2, 0) is 0 Å². The van der Waals surface area contributed by atoms with Gasteiger partial charge < -0.3 is 15.2 Å². The van der Waals surface area contributed by atoms with E-state index in [1.165, 1.54) is 0 Å². The number of nitrogens with two attached hydrogens (primary N) is 1. The first-order valence-corrected chi connectivity index (χ1v) is 4.73. The molecule has 0 aromatic heterocycles. The highest BCUT2D eigenvalue weighted by molar-refractivity contribution is 5.77. The fraction of sp³-hybridized carbons (Fsp3) is 0.250. The van der Waals surface area contributed by atoms with E-state index in [9.17, 15) is 0 Å². The van der Waals surface area contributed by atoms with E-state index in [0.717, 1.165) is 0 Å². The maximum Gasteiger partial charge on any atom is 0.131 e. The van der Waals surface area contributed by atoms with Gasteiger partial charge >= 0.3 is 0 Å². The molecule has 16 heavy (non-hydrogen) atoms. The van der Waals surface area contributed by atoms with E-state index in [1.54, 1.807) is 39.3 Å². The standard InChI is InChI=1S/C12H14N2O2/c1-8(7-13)12(14)11-9(15-2)5-4-6-10(11)16-3/h4-6H,14H2,1-3H3/b12-8+. The number of ether oxygens (including phenoxy) is 2. The van der Waals surface area contributed by atoms with Crippen LogP contribution in [0.3, 0.4) is 0 Å². The van der Waals surface area contributed by atoms with Gasteiger partial charge in [0.2, 0.25) is 0 Å². The largest absolute Gasteiger partial charge is 0.496 e. The molecule has 0 spiro atoms. The summed E-state index contributed by atoms with van der Waals surface area (Å²) in [7, 11) is 3.10. The first-order chi connectivity index (χ1) is 7.65. The molecule has 0 atom stereocenters. The van der Waals surface area contributed by atoms with E-state index in [0.29, 0.717) is 28.3 Å². The van der Waals surface area contributed by atoms with Crippen molar-refractivity contribution in [3.05, 3.63) is 29.3 Å². The third-order valence-electron chi connectivity index (χ3n) is 2.27. The first kappa shape index (κ1) is 11.9. The number of nitrogens with zero attached hydrogens (tertiary/aromatic N) is 1. The highest BCUT2D eigenvalue weighted by atomic mass is 16.5. The fourth-order valence-electron chi connectivity index (χ4n) is 1.36. The van der Waals surface area contributed by atoms with Gasteiger partial charge in [0.05, 0.1) is 37.1 Å². The Balaban J connectivity index is 3.47. The maximum atomic E-state index is 8.82. The maximum absolute atomic E-state index is 8.82. The Morgan fingerprint density at radius 2 is 1.75 bits per heavy atom. The molecule has 84 valence electrons. The Labute approximate surface area is 94.9 Å². The molecule has 0 aliphatic heterocycles. The lowest BCUT2D eigenvalue weighted by molar-refractivity contribution is 0.392. The molecule has 0 aliphatic rings. The van der Waals surface area contributed by atoms with Gasteiger partial charge in [0.1, 0.15) is 11.5 Å². The molecule has 4 heteroatoms. The highest BCUT2D eigenvalue weighted by Gasteiger charge is 2.14. The highest BCUT2D eigenvalue weighted by Crippen LogP contribution is 2.33. The SMILES string of the molecule is COc1cccc(OC)c1/C(N)=C(/C)C#N. The van der Waals surface area contributed by atoms with Gasteiger partial charge in [0.25, 0.3) is 0 Å². The van der Waals surface area contributed by atoms with Gasteiger partial charge in [0.15, 0.2) is 0 Å². The van der Waals surface area contributed by atoms with Crippen LogP contribution < -0.4 is 15.2 Å². The van der Waals surface area contributed by atoms with Crippen molar-refractivity contribution < 1.29 is 9.47 Å². The number of hydrogen-bond donors (Lipinski definition) is 1. The summed E-state index contributed by atoms with van der Waals surface area (Å²) in [6, 6.07) is 7.36. The Morgan fingerprint density at radius 3 is 2.12 bits per heavy atom. The van der Waals surface area contributed by atoms with Gasteiger partial charge in [-0.3, -0.25) is 0 Å². The van der Waals surface area contributed by atoms with Crippen LogP contribution in [0.15, 0.2) is 23.8 Å². The van der Waals surface area contributed by atoms with E-state index in [2.05, 4.69) is 0 Å². The third-order valence-corrected chi connectivity index (χ3v) is 2.27. The molecule has 1 aromatic carbocycles. The van der Waals surface area contributed by atoms with Crippen LogP contribution in [0.25, 0.3) is 5.70 Å². The van der Waals surface area contributed by atoms with Crippen LogP contribution in [-0.4, -0.2) is 14.2 Å². The Hall–Kier alpha value is -2.15. The van der Waals surface area contributed by atoms with E-state index < -0.39 is 0 Å². The summed E-state index contributed by atoms with van der Waals surface area (Å²) in [5, 5.41) is 8.82. The number of methoxy groups -OCH3 is 2. The molecule has 0 radical (unpaired) electrons. The van der Waals surface area contributed by atoms with Gasteiger partial charge in [-0.05, 0) is 19.1 Å². The Kier molecular flexibility index (Phi) is 3.78. The van der Waals surface area contributed by atoms with E-state index in [1.807, 2.05) is 6.07 Å². The summed E-state index contributed by atoms with van der Waals surface area (Å²) in [5.41, 5.74) is 7.32. The number of nitriles is 1. The molecule has 0 fully saturated rings. The molecular formula is C12H14N2O2. The summed E-state index contributed by atoms with van der Waals surface area (Å²) in [5.74, 6) is 1.18. The average molecular weight is 218 g/mol. The van der Waals surface area contributed by atoms with Gasteiger partial charge in [0, 0.05) is 0 Å². The summed E-state index contributed by atoms with van der Waals surface area (Å²) in [6.45, 7) is 1.65. The second kappa shape index (κ2) is 5.08. The summed E-state index contributed by atoms with van der Waals surface area (Å²) in [4.78, 5) is 0. The molecule has 0 heterocycles. The van der Waals surface area contributed by atoms with E-state index in [4.69, 9.17) is 20.5 Å². The quantitative estimate of drug-likeness (QED) is 0.787. The van der Waals surface area contributed by atoms with Crippen LogP contribution in [0.4, 0.5) is 0 Å². The molecule has 0 aliphatic carbocycles. The molecule has 0 saturated carbocycles. The average Bonchev–Trinajstić information content (AvgIpc) is 2.35. The molecule has 4 nitrogen and oxygen atoms in total. The predicted molar refractivity (Wildman–Crippen MR) is 61.9 cm³/mol. The summed E-state index contributed by atoms with van der Waals surface area (Å²) < 4.78 is 10.4. The van der Waals surface area contributed by atoms with Crippen molar-refractivity contribution in [2.75, 3.05) is 14.2 Å². The minimum atomic E-state index is 0.372. The lowest BCUT2D eigenvalue weighted by atomic mass is 10.1. The molecular weight excluding hydrogens is 204 g/mol. The lowest BCUT2D eigenvalue weighted by Gasteiger charge is -2.13. The van der Waals surface area contributed by atoms with Crippen LogP contribution in [0.1, 0.15) is 12.5 Å². The van der Waals surface area contributed by atoms with Gasteiger partial charge in [-0.25, -0.2) is 0 Å². The van der Waals surface area contributed by atoms with Crippen molar-refractivity contribution in [2.45, 2.75) is 6.92 Å². The predicted octanol–water partition coefficient (Wildman–Crippen LogP) is 1.92. The minimum Gasteiger partial charge on any atom is -0.496 e. The number of allylic oxidation sites excluding steroid dienone is 1. The molecule has 0 saturated heterocycles. The number of rotatable bonds is 3. The van der Waals surface area contributed by atoms with Crippen LogP contribution >= 0.6 is 0 Å². The summed E-state index contributed by atoms with van der Waals surface area (Å²) >= 11 is 0. The Bertz CT molecular complexity index is 436. The second-order valence-electron chi connectivity index (χ2n) is 3.19. The van der Waals surface area contributed by atoms with Crippen LogP contribution in [0, 0.1) is 11.3 Å². The summed E-state index contributed by atoms with van der Waals surface area (Å²) in [6.07, 6.45) is 0. The van der Waals surface area contributed by atoms with Crippen molar-refractivity contribution in [3.63, 3.8) is 0 Å². The van der Waals surface area contributed by atoms with Crippen molar-refractivity contribution in [2.24, 2.45) is 5.73 Å². The van der Waals surface area contributed by atoms with E-state index in [-0.39, 0.29) is 0 Å². The number of benzene rings is 1. The molecule has 0 unspecified atom stereocenters. The van der Waals surface area contributed by atoms with Crippen molar-refractivity contribution in [3.8, 4) is 17.6 Å². The lowest BCUT2D eigenvalue weighted by Crippen LogP contribution is -2.04. The van der Waals surface area contributed by atoms with Crippen molar-refractivity contribution in [1.82, 2.24) is 0 Å². The molecule has 1 aromatic rings. The monoisotopic (exact) mass is 218 g/mol. The number of hydrogen-bond acceptors (Lipinski definition) is 4. The van der Waals surface area contributed by atoms with Gasteiger partial charge in [-0.15, -0.1) is 0 Å². The van der Waals surface area contributed by atoms with Gasteiger partial charge in [-0.2, -0.15) is 5.26 Å². The molecule has 2 N–H and O–H groups in total. The van der Waals surface area contributed by atoms with Crippen LogP contribution in [0.2, 0.25) is 0 Å². The van der Waals surface area contributed by atoms with Crippen molar-refractivity contribution in [1.29, 1.82) is 5.26 Å². The fourth-order valence-corrected chi connectivity index (χ4v) is 1.36. The Morgan fingerprint density at radius 1 is 1.25 bits per heavy atom. The zero-order valence-electron chi connectivity index (χ0n) is 9.57. The van der Waals surface area contributed by atoms with Crippen molar-refractivity contribution >= 4 is 5.70 Å².